The summed E-state index contributed by atoms with van der Waals surface area (Å²) >= 11 is 1.74. The molecule has 0 aliphatic rings. The van der Waals surface area contributed by atoms with Gasteiger partial charge in [0.2, 0.25) is 0 Å². The summed E-state index contributed by atoms with van der Waals surface area (Å²) in [6.07, 6.45) is 3.07. The van der Waals surface area contributed by atoms with Crippen LogP contribution >= 0.6 is 11.3 Å². The first-order valence-corrected chi connectivity index (χ1v) is 7.77. The van der Waals surface area contributed by atoms with Gasteiger partial charge in [0, 0.05) is 16.6 Å². The lowest BCUT2D eigenvalue weighted by Crippen LogP contribution is -2.23. The Morgan fingerprint density at radius 3 is 2.75 bits per heavy atom. The number of hydrogen-bond acceptors (Lipinski definition) is 4. The second-order valence-corrected chi connectivity index (χ2v) is 6.18. The topological polar surface area (TPSA) is 34.2 Å². The summed E-state index contributed by atoms with van der Waals surface area (Å²) in [6, 6.07) is 6.47. The van der Waals surface area contributed by atoms with Gasteiger partial charge in [-0.2, -0.15) is 0 Å². The highest BCUT2D eigenvalue weighted by Gasteiger charge is 2.19. The third kappa shape index (κ3) is 3.38. The monoisotopic (exact) mass is 290 g/mol. The zero-order chi connectivity index (χ0) is 14.5. The Labute approximate surface area is 125 Å². The standard InChI is InChI=1S/C16H22N2OS/c1-5-8-17-16(15-10-18-12(3)20-15)13-9-11(2)6-7-14(13)19-4/h6-7,9-10,16-17H,5,8H2,1-4H3. The Morgan fingerprint density at radius 1 is 1.35 bits per heavy atom. The Hall–Kier alpha value is -1.39. The van der Waals surface area contributed by atoms with Crippen molar-refractivity contribution in [2.24, 2.45) is 0 Å². The van der Waals surface area contributed by atoms with Crippen molar-refractivity contribution in [1.29, 1.82) is 0 Å². The molecule has 0 bridgehead atoms. The van der Waals surface area contributed by atoms with Crippen molar-refractivity contribution < 1.29 is 4.74 Å². The highest BCUT2D eigenvalue weighted by molar-refractivity contribution is 7.11. The lowest BCUT2D eigenvalue weighted by molar-refractivity contribution is 0.404. The molecule has 108 valence electrons. The van der Waals surface area contributed by atoms with Gasteiger partial charge in [-0.25, -0.2) is 4.98 Å². The quantitative estimate of drug-likeness (QED) is 0.877. The number of aromatic nitrogens is 1. The van der Waals surface area contributed by atoms with E-state index in [9.17, 15) is 0 Å². The largest absolute Gasteiger partial charge is 0.496 e. The van der Waals surface area contributed by atoms with Gasteiger partial charge in [0.15, 0.2) is 0 Å². The summed E-state index contributed by atoms with van der Waals surface area (Å²) in [7, 11) is 1.73. The van der Waals surface area contributed by atoms with Gasteiger partial charge in [-0.3, -0.25) is 0 Å². The molecule has 1 unspecified atom stereocenters. The van der Waals surface area contributed by atoms with E-state index in [1.165, 1.54) is 16.0 Å². The third-order valence-corrected chi connectivity index (χ3v) is 4.20. The van der Waals surface area contributed by atoms with Crippen LogP contribution < -0.4 is 10.1 Å². The van der Waals surface area contributed by atoms with Crippen LogP contribution in [0.5, 0.6) is 5.75 Å². The van der Waals surface area contributed by atoms with Crippen molar-refractivity contribution in [2.75, 3.05) is 13.7 Å². The predicted octanol–water partition coefficient (Wildman–Crippen LogP) is 3.86. The van der Waals surface area contributed by atoms with Gasteiger partial charge in [-0.1, -0.05) is 24.6 Å². The molecule has 0 amide bonds. The number of methoxy groups -OCH3 is 1. The normalized spacial score (nSPS) is 12.4. The molecule has 1 aromatic carbocycles. The first-order valence-electron chi connectivity index (χ1n) is 6.96. The van der Waals surface area contributed by atoms with Crippen LogP contribution in [0, 0.1) is 13.8 Å². The minimum Gasteiger partial charge on any atom is -0.496 e. The van der Waals surface area contributed by atoms with Crippen LogP contribution in [0.25, 0.3) is 0 Å². The number of ether oxygens (including phenoxy) is 1. The highest BCUT2D eigenvalue weighted by atomic mass is 32.1. The van der Waals surface area contributed by atoms with E-state index in [-0.39, 0.29) is 6.04 Å². The maximum absolute atomic E-state index is 5.53. The van der Waals surface area contributed by atoms with Crippen molar-refractivity contribution in [2.45, 2.75) is 33.2 Å². The number of nitrogens with one attached hydrogen (secondary N) is 1. The number of aryl methyl sites for hydroxylation is 2. The fourth-order valence-electron chi connectivity index (χ4n) is 2.24. The van der Waals surface area contributed by atoms with Crippen LogP contribution in [0.3, 0.4) is 0 Å². The van der Waals surface area contributed by atoms with E-state index in [0.29, 0.717) is 0 Å². The van der Waals surface area contributed by atoms with Gasteiger partial charge in [0.25, 0.3) is 0 Å². The Kier molecular flexibility index (Phi) is 5.15. The lowest BCUT2D eigenvalue weighted by atomic mass is 10.0. The van der Waals surface area contributed by atoms with Gasteiger partial charge in [-0.05, 0) is 32.9 Å². The predicted molar refractivity (Wildman–Crippen MR) is 84.7 cm³/mol. The minimum absolute atomic E-state index is 0.149. The van der Waals surface area contributed by atoms with E-state index < -0.39 is 0 Å². The van der Waals surface area contributed by atoms with Crippen molar-refractivity contribution in [3.8, 4) is 5.75 Å². The number of benzene rings is 1. The van der Waals surface area contributed by atoms with Gasteiger partial charge in [-0.15, -0.1) is 11.3 Å². The summed E-state index contributed by atoms with van der Waals surface area (Å²) < 4.78 is 5.53. The van der Waals surface area contributed by atoms with Gasteiger partial charge in [0.1, 0.15) is 5.75 Å². The van der Waals surface area contributed by atoms with E-state index >= 15 is 0 Å². The first-order chi connectivity index (χ1) is 9.65. The molecule has 3 nitrogen and oxygen atoms in total. The van der Waals surface area contributed by atoms with Crippen LogP contribution in [-0.4, -0.2) is 18.6 Å². The average Bonchev–Trinajstić information content (AvgIpc) is 2.86. The van der Waals surface area contributed by atoms with Crippen LogP contribution in [0.15, 0.2) is 24.4 Å². The summed E-state index contributed by atoms with van der Waals surface area (Å²) in [5, 5.41) is 4.70. The molecule has 0 radical (unpaired) electrons. The smallest absolute Gasteiger partial charge is 0.124 e. The molecule has 4 heteroatoms. The molecule has 2 rings (SSSR count). The van der Waals surface area contributed by atoms with Gasteiger partial charge >= 0.3 is 0 Å². The maximum atomic E-state index is 5.53. The van der Waals surface area contributed by atoms with Crippen LogP contribution in [0.1, 0.15) is 40.4 Å². The second-order valence-electron chi connectivity index (χ2n) is 4.91. The summed E-state index contributed by atoms with van der Waals surface area (Å²) in [4.78, 5) is 5.62. The summed E-state index contributed by atoms with van der Waals surface area (Å²) in [6.45, 7) is 7.30. The molecular weight excluding hydrogens is 268 g/mol. The van der Waals surface area contributed by atoms with Crippen molar-refractivity contribution in [3.05, 3.63) is 45.4 Å². The van der Waals surface area contributed by atoms with E-state index in [1.807, 2.05) is 19.2 Å². The highest BCUT2D eigenvalue weighted by Crippen LogP contribution is 2.33. The SMILES string of the molecule is CCCNC(c1cnc(C)s1)c1cc(C)ccc1OC. The Bertz CT molecular complexity index is 565. The molecule has 0 fully saturated rings. The van der Waals surface area contributed by atoms with Crippen molar-refractivity contribution >= 4 is 11.3 Å². The summed E-state index contributed by atoms with van der Waals surface area (Å²) in [5.74, 6) is 0.926. The molecule has 0 saturated heterocycles. The van der Waals surface area contributed by atoms with Gasteiger partial charge in [0.05, 0.1) is 18.2 Å². The number of hydrogen-bond donors (Lipinski definition) is 1. The molecule has 2 aromatic rings. The first kappa shape index (κ1) is 15.0. The van der Waals surface area contributed by atoms with E-state index in [2.05, 4.69) is 36.3 Å². The molecule has 0 aliphatic heterocycles. The van der Waals surface area contributed by atoms with Crippen molar-refractivity contribution in [1.82, 2.24) is 10.3 Å². The minimum atomic E-state index is 0.149. The molecule has 0 saturated carbocycles. The number of rotatable bonds is 6. The molecule has 0 spiro atoms. The van der Waals surface area contributed by atoms with E-state index in [1.54, 1.807) is 18.4 Å². The Balaban J connectivity index is 2.42. The molecular formula is C16H22N2OS. The number of thiazole rings is 1. The van der Waals surface area contributed by atoms with E-state index in [0.717, 1.165) is 23.7 Å². The second kappa shape index (κ2) is 6.86. The molecule has 1 aromatic heterocycles. The van der Waals surface area contributed by atoms with E-state index in [4.69, 9.17) is 4.74 Å². The molecule has 1 N–H and O–H groups in total. The third-order valence-electron chi connectivity index (χ3n) is 3.22. The molecule has 1 atom stereocenters. The zero-order valence-corrected chi connectivity index (χ0v) is 13.4. The van der Waals surface area contributed by atoms with Crippen molar-refractivity contribution in [3.63, 3.8) is 0 Å². The molecule has 0 aliphatic carbocycles. The lowest BCUT2D eigenvalue weighted by Gasteiger charge is -2.20. The van der Waals surface area contributed by atoms with Crippen LogP contribution in [0.2, 0.25) is 0 Å². The van der Waals surface area contributed by atoms with Gasteiger partial charge < -0.3 is 10.1 Å². The zero-order valence-electron chi connectivity index (χ0n) is 12.6. The fraction of sp³-hybridized carbons (Fsp3) is 0.438. The Morgan fingerprint density at radius 2 is 2.15 bits per heavy atom. The fourth-order valence-corrected chi connectivity index (χ4v) is 3.12. The average molecular weight is 290 g/mol. The maximum Gasteiger partial charge on any atom is 0.124 e. The number of nitrogens with zero attached hydrogens (tertiary/aromatic N) is 1. The van der Waals surface area contributed by atoms with Crippen LogP contribution in [-0.2, 0) is 0 Å². The summed E-state index contributed by atoms with van der Waals surface area (Å²) in [5.41, 5.74) is 2.43. The molecule has 20 heavy (non-hydrogen) atoms. The molecule has 1 heterocycles. The van der Waals surface area contributed by atoms with Crippen LogP contribution in [0.4, 0.5) is 0 Å².